The van der Waals surface area contributed by atoms with E-state index in [1.54, 1.807) is 28.8 Å². The lowest BCUT2D eigenvalue weighted by atomic mass is 9.83. The number of aryl methyl sites for hydroxylation is 4. The highest BCUT2D eigenvalue weighted by Crippen LogP contribution is 2.37. The maximum Gasteiger partial charge on any atom is 0.288 e. The van der Waals surface area contributed by atoms with Crippen LogP contribution >= 0.6 is 12.2 Å². The first-order valence-electron chi connectivity index (χ1n) is 9.49. The highest BCUT2D eigenvalue weighted by Gasteiger charge is 2.16. The highest BCUT2D eigenvalue weighted by atomic mass is 32.1. The number of aromatic nitrogens is 1. The SMILES string of the molecule is Cc1c(C)c2c3c(ccc2c2ccccc12)CCCC3.S=c1nccco1. The largest absolute Gasteiger partial charge is 0.438 e. The number of hydrogen-bond donors (Lipinski definition) is 0. The third-order valence-corrected chi connectivity index (χ3v) is 5.81. The minimum Gasteiger partial charge on any atom is -0.438 e. The van der Waals surface area contributed by atoms with Crippen molar-refractivity contribution in [1.29, 1.82) is 0 Å². The fourth-order valence-corrected chi connectivity index (χ4v) is 4.30. The molecule has 0 spiro atoms. The van der Waals surface area contributed by atoms with Crippen molar-refractivity contribution < 1.29 is 4.42 Å². The summed E-state index contributed by atoms with van der Waals surface area (Å²) in [5.41, 5.74) is 6.14. The molecule has 136 valence electrons. The summed E-state index contributed by atoms with van der Waals surface area (Å²) in [5, 5.41) is 5.81. The summed E-state index contributed by atoms with van der Waals surface area (Å²) in [5.74, 6) is 0. The van der Waals surface area contributed by atoms with Crippen LogP contribution in [0.15, 0.2) is 59.3 Å². The van der Waals surface area contributed by atoms with Crippen molar-refractivity contribution >= 4 is 33.8 Å². The zero-order chi connectivity index (χ0) is 18.8. The van der Waals surface area contributed by atoms with Gasteiger partial charge >= 0.3 is 0 Å². The molecule has 0 atom stereocenters. The fourth-order valence-electron chi connectivity index (χ4n) is 4.18. The Morgan fingerprint density at radius 1 is 0.852 bits per heavy atom. The van der Waals surface area contributed by atoms with E-state index >= 15 is 0 Å². The second-order valence-corrected chi connectivity index (χ2v) is 7.47. The molecule has 0 aliphatic heterocycles. The Kier molecular flexibility index (Phi) is 5.04. The minimum absolute atomic E-state index is 0.280. The molecule has 0 saturated carbocycles. The molecule has 0 N–H and O–H groups in total. The van der Waals surface area contributed by atoms with E-state index in [-0.39, 0.29) is 4.84 Å². The zero-order valence-corrected chi connectivity index (χ0v) is 16.6. The quantitative estimate of drug-likeness (QED) is 0.248. The van der Waals surface area contributed by atoms with Crippen LogP contribution in [-0.4, -0.2) is 4.98 Å². The summed E-state index contributed by atoms with van der Waals surface area (Å²) in [7, 11) is 0. The topological polar surface area (TPSA) is 26.0 Å². The molecule has 2 nitrogen and oxygen atoms in total. The van der Waals surface area contributed by atoms with E-state index in [0.29, 0.717) is 0 Å². The molecule has 0 fully saturated rings. The number of fused-ring (bicyclic) bond motifs is 5. The van der Waals surface area contributed by atoms with Crippen molar-refractivity contribution in [1.82, 2.24) is 4.98 Å². The number of rotatable bonds is 0. The van der Waals surface area contributed by atoms with Gasteiger partial charge in [-0.2, -0.15) is 0 Å². The van der Waals surface area contributed by atoms with Crippen molar-refractivity contribution in [2.75, 3.05) is 0 Å². The molecule has 0 saturated heterocycles. The van der Waals surface area contributed by atoms with E-state index in [1.165, 1.54) is 59.2 Å². The van der Waals surface area contributed by atoms with Gasteiger partial charge in [0.1, 0.15) is 0 Å². The van der Waals surface area contributed by atoms with Crippen LogP contribution in [0.3, 0.4) is 0 Å². The lowest BCUT2D eigenvalue weighted by Gasteiger charge is -2.21. The molecular weight excluding hydrogens is 350 g/mol. The van der Waals surface area contributed by atoms with E-state index in [2.05, 4.69) is 71.9 Å². The molecule has 0 radical (unpaired) electrons. The molecule has 1 aliphatic carbocycles. The van der Waals surface area contributed by atoms with Gasteiger partial charge in [0.15, 0.2) is 0 Å². The summed E-state index contributed by atoms with van der Waals surface area (Å²) in [4.78, 5) is 3.91. The van der Waals surface area contributed by atoms with Gasteiger partial charge in [-0.1, -0.05) is 36.4 Å². The van der Waals surface area contributed by atoms with Crippen LogP contribution in [0, 0.1) is 18.7 Å². The normalized spacial score (nSPS) is 13.1. The fraction of sp³-hybridized carbons (Fsp3) is 0.250. The maximum absolute atomic E-state index is 4.63. The molecule has 3 aromatic carbocycles. The number of benzene rings is 3. The Labute approximate surface area is 164 Å². The van der Waals surface area contributed by atoms with Crippen LogP contribution < -0.4 is 0 Å². The Morgan fingerprint density at radius 2 is 1.63 bits per heavy atom. The van der Waals surface area contributed by atoms with Gasteiger partial charge in [-0.25, -0.2) is 4.98 Å². The van der Waals surface area contributed by atoms with Gasteiger partial charge in [-0.05, 0) is 102 Å². The van der Waals surface area contributed by atoms with E-state index < -0.39 is 0 Å². The molecule has 27 heavy (non-hydrogen) atoms. The predicted molar refractivity (Wildman–Crippen MR) is 115 cm³/mol. The van der Waals surface area contributed by atoms with Crippen molar-refractivity contribution in [2.24, 2.45) is 0 Å². The molecule has 1 aromatic heterocycles. The molecular formula is C24H23NOS. The smallest absolute Gasteiger partial charge is 0.288 e. The van der Waals surface area contributed by atoms with Crippen LogP contribution in [0.5, 0.6) is 0 Å². The Morgan fingerprint density at radius 3 is 2.33 bits per heavy atom. The average Bonchev–Trinajstić information content (AvgIpc) is 2.72. The van der Waals surface area contributed by atoms with Crippen LogP contribution in [0.1, 0.15) is 35.1 Å². The van der Waals surface area contributed by atoms with Crippen molar-refractivity contribution in [3.8, 4) is 0 Å². The van der Waals surface area contributed by atoms with E-state index in [0.717, 1.165) is 0 Å². The van der Waals surface area contributed by atoms with Gasteiger partial charge in [0.2, 0.25) is 0 Å². The van der Waals surface area contributed by atoms with Crippen LogP contribution in [0.2, 0.25) is 0 Å². The van der Waals surface area contributed by atoms with E-state index in [1.807, 2.05) is 0 Å². The van der Waals surface area contributed by atoms with Crippen molar-refractivity contribution in [3.05, 3.63) is 82.0 Å². The molecule has 3 heteroatoms. The second kappa shape index (κ2) is 7.61. The maximum atomic E-state index is 4.63. The summed E-state index contributed by atoms with van der Waals surface area (Å²) < 4.78 is 4.63. The molecule has 4 aromatic rings. The standard InChI is InChI=1S/C20H20.C4H3NOS/c1-13-14(2)20-17-9-4-3-7-15(17)11-12-19(20)18-10-6-5-8-16(13)18;7-4-5-2-1-3-6-4/h5-6,8,10-12H,3-4,7,9H2,1-2H3;1-3H. The molecule has 1 aliphatic rings. The van der Waals surface area contributed by atoms with Gasteiger partial charge in [0.25, 0.3) is 4.84 Å². The van der Waals surface area contributed by atoms with Gasteiger partial charge in [0.05, 0.1) is 6.26 Å². The highest BCUT2D eigenvalue weighted by molar-refractivity contribution is 7.71. The monoisotopic (exact) mass is 373 g/mol. The number of nitrogens with zero attached hydrogens (tertiary/aromatic N) is 1. The zero-order valence-electron chi connectivity index (χ0n) is 15.8. The van der Waals surface area contributed by atoms with Gasteiger partial charge in [-0.3, -0.25) is 0 Å². The van der Waals surface area contributed by atoms with E-state index in [4.69, 9.17) is 0 Å². The van der Waals surface area contributed by atoms with Gasteiger partial charge < -0.3 is 4.42 Å². The lowest BCUT2D eigenvalue weighted by Crippen LogP contribution is -2.04. The minimum atomic E-state index is 0.280. The van der Waals surface area contributed by atoms with E-state index in [9.17, 15) is 0 Å². The molecule has 5 rings (SSSR count). The van der Waals surface area contributed by atoms with Crippen LogP contribution in [0.4, 0.5) is 0 Å². The summed E-state index contributed by atoms with van der Waals surface area (Å²) in [6, 6.07) is 15.3. The second-order valence-electron chi connectivity index (χ2n) is 7.12. The Bertz CT molecular complexity index is 1150. The van der Waals surface area contributed by atoms with Crippen LogP contribution in [-0.2, 0) is 12.8 Å². The van der Waals surface area contributed by atoms with Gasteiger partial charge in [0, 0.05) is 6.20 Å². The number of hydrogen-bond acceptors (Lipinski definition) is 3. The summed E-state index contributed by atoms with van der Waals surface area (Å²) >= 11 is 4.53. The Hall–Kier alpha value is -2.52. The molecule has 0 amide bonds. The summed E-state index contributed by atoms with van der Waals surface area (Å²) in [6.07, 6.45) is 8.30. The Balaban J connectivity index is 0.000000218. The summed E-state index contributed by atoms with van der Waals surface area (Å²) in [6.45, 7) is 4.58. The third-order valence-electron chi connectivity index (χ3n) is 5.60. The van der Waals surface area contributed by atoms with Crippen molar-refractivity contribution in [3.63, 3.8) is 0 Å². The first kappa shape index (κ1) is 17.9. The molecule has 0 bridgehead atoms. The first-order valence-corrected chi connectivity index (χ1v) is 9.90. The molecule has 0 unspecified atom stereocenters. The third kappa shape index (κ3) is 3.40. The molecule has 1 heterocycles. The average molecular weight is 374 g/mol. The predicted octanol–water partition coefficient (Wildman–Crippen LogP) is 6.89. The van der Waals surface area contributed by atoms with Crippen molar-refractivity contribution in [2.45, 2.75) is 39.5 Å². The lowest BCUT2D eigenvalue weighted by molar-refractivity contribution is 0.509. The van der Waals surface area contributed by atoms with Gasteiger partial charge in [-0.15, -0.1) is 0 Å². The first-order chi connectivity index (χ1) is 13.2. The van der Waals surface area contributed by atoms with Crippen LogP contribution in [0.25, 0.3) is 21.5 Å².